The van der Waals surface area contributed by atoms with E-state index in [0.717, 1.165) is 11.1 Å². The van der Waals surface area contributed by atoms with Crippen molar-refractivity contribution < 1.29 is 9.18 Å². The molecule has 25 heavy (non-hydrogen) atoms. The Bertz CT molecular complexity index is 873. The van der Waals surface area contributed by atoms with Crippen LogP contribution in [0.2, 0.25) is 0 Å². The van der Waals surface area contributed by atoms with Crippen LogP contribution in [0.3, 0.4) is 0 Å². The zero-order valence-corrected chi connectivity index (χ0v) is 14.1. The van der Waals surface area contributed by atoms with E-state index in [1.807, 2.05) is 38.1 Å². The number of nitrogens with one attached hydrogen (secondary N) is 2. The molecule has 3 rings (SSSR count). The van der Waals surface area contributed by atoms with E-state index >= 15 is 0 Å². The first kappa shape index (κ1) is 16.8. The first-order valence-electron chi connectivity index (χ1n) is 8.06. The fraction of sp³-hybridized carbons (Fsp3) is 0.211. The molecule has 0 spiro atoms. The van der Waals surface area contributed by atoms with Gasteiger partial charge in [0.2, 0.25) is 5.91 Å². The molecule has 0 saturated carbocycles. The minimum Gasteiger partial charge on any atom is -0.325 e. The number of para-hydroxylation sites is 1. The fourth-order valence-electron chi connectivity index (χ4n) is 2.64. The number of aryl methyl sites for hydroxylation is 1. The fourth-order valence-corrected chi connectivity index (χ4v) is 2.64. The van der Waals surface area contributed by atoms with E-state index in [4.69, 9.17) is 0 Å². The number of H-pyrrole nitrogens is 1. The molecule has 2 aromatic carbocycles. The molecular formula is C19H19FN4O. The van der Waals surface area contributed by atoms with E-state index in [1.54, 1.807) is 12.1 Å². The van der Waals surface area contributed by atoms with Crippen LogP contribution in [-0.4, -0.2) is 21.1 Å². The number of rotatable bonds is 5. The number of nitrogens with zero attached hydrogens (tertiary/aromatic N) is 2. The maximum Gasteiger partial charge on any atom is 0.224 e. The molecule has 0 fully saturated rings. The van der Waals surface area contributed by atoms with E-state index in [9.17, 15) is 9.18 Å². The van der Waals surface area contributed by atoms with Gasteiger partial charge < -0.3 is 5.32 Å². The second-order valence-corrected chi connectivity index (χ2v) is 5.99. The van der Waals surface area contributed by atoms with Gasteiger partial charge in [0.05, 0.1) is 5.69 Å². The van der Waals surface area contributed by atoms with Crippen LogP contribution in [0.5, 0.6) is 0 Å². The summed E-state index contributed by atoms with van der Waals surface area (Å²) in [6.07, 6.45) is 0.299. The number of carbonyl (C=O) groups is 1. The van der Waals surface area contributed by atoms with Crippen LogP contribution >= 0.6 is 0 Å². The van der Waals surface area contributed by atoms with Gasteiger partial charge in [0.1, 0.15) is 11.6 Å². The lowest BCUT2D eigenvalue weighted by molar-refractivity contribution is -0.116. The standard InChI is InChI=1S/C19H19FN4O/c1-12(14-7-9-15(20)10-8-14)11-18(25)22-17-6-4-3-5-16(17)19-21-13(2)23-24-19/h3-10,12H,11H2,1-2H3,(H,22,25)(H,21,23,24)/t12-/m0/s1. The number of hydrogen-bond donors (Lipinski definition) is 2. The number of hydrogen-bond acceptors (Lipinski definition) is 3. The number of amides is 1. The van der Waals surface area contributed by atoms with Gasteiger partial charge >= 0.3 is 0 Å². The Hall–Kier alpha value is -3.02. The van der Waals surface area contributed by atoms with Crippen LogP contribution in [0.1, 0.15) is 30.7 Å². The van der Waals surface area contributed by atoms with Gasteiger partial charge in [-0.1, -0.05) is 31.2 Å². The second-order valence-electron chi connectivity index (χ2n) is 5.99. The molecule has 0 aliphatic rings. The molecule has 0 bridgehead atoms. The topological polar surface area (TPSA) is 70.7 Å². The first-order chi connectivity index (χ1) is 12.0. The number of carbonyl (C=O) groups excluding carboxylic acids is 1. The van der Waals surface area contributed by atoms with Crippen LogP contribution in [0.25, 0.3) is 11.4 Å². The Morgan fingerprint density at radius 2 is 1.92 bits per heavy atom. The normalized spacial score (nSPS) is 12.0. The Kier molecular flexibility index (Phi) is 4.88. The number of aromatic nitrogens is 3. The molecule has 0 aliphatic heterocycles. The number of halogens is 1. The van der Waals surface area contributed by atoms with Crippen LogP contribution in [0.4, 0.5) is 10.1 Å². The van der Waals surface area contributed by atoms with Gasteiger partial charge in [0.15, 0.2) is 5.82 Å². The van der Waals surface area contributed by atoms with Gasteiger partial charge in [-0.3, -0.25) is 9.89 Å². The molecule has 2 N–H and O–H groups in total. The minimum absolute atomic E-state index is 0.0153. The van der Waals surface area contributed by atoms with E-state index in [1.165, 1.54) is 12.1 Å². The number of aromatic amines is 1. The highest BCUT2D eigenvalue weighted by atomic mass is 19.1. The molecule has 6 heteroatoms. The van der Waals surface area contributed by atoms with E-state index in [2.05, 4.69) is 20.5 Å². The quantitative estimate of drug-likeness (QED) is 0.737. The average molecular weight is 338 g/mol. The summed E-state index contributed by atoms with van der Waals surface area (Å²) in [7, 11) is 0. The third-order valence-electron chi connectivity index (χ3n) is 3.97. The molecule has 128 valence electrons. The first-order valence-corrected chi connectivity index (χ1v) is 8.06. The monoisotopic (exact) mass is 338 g/mol. The molecule has 0 aliphatic carbocycles. The third kappa shape index (κ3) is 4.09. The summed E-state index contributed by atoms with van der Waals surface area (Å²) in [5, 5.41) is 9.87. The van der Waals surface area contributed by atoms with E-state index < -0.39 is 0 Å². The molecular weight excluding hydrogens is 319 g/mol. The maximum atomic E-state index is 13.0. The SMILES string of the molecule is Cc1nc(-c2ccccc2NC(=O)C[C@H](C)c2ccc(F)cc2)n[nH]1. The zero-order chi connectivity index (χ0) is 17.8. The van der Waals surface area contributed by atoms with Crippen molar-refractivity contribution in [2.24, 2.45) is 0 Å². The molecule has 3 aromatic rings. The molecule has 1 aromatic heterocycles. The van der Waals surface area contributed by atoms with Crippen LogP contribution in [-0.2, 0) is 4.79 Å². The van der Waals surface area contributed by atoms with Gasteiger partial charge in [-0.25, -0.2) is 9.37 Å². The van der Waals surface area contributed by atoms with Gasteiger partial charge in [0, 0.05) is 12.0 Å². The van der Waals surface area contributed by atoms with Crippen molar-refractivity contribution in [1.29, 1.82) is 0 Å². The predicted molar refractivity (Wildman–Crippen MR) is 94.6 cm³/mol. The Labute approximate surface area is 145 Å². The molecule has 1 atom stereocenters. The highest BCUT2D eigenvalue weighted by Gasteiger charge is 2.15. The Morgan fingerprint density at radius 1 is 1.20 bits per heavy atom. The molecule has 0 unspecified atom stereocenters. The van der Waals surface area contributed by atoms with E-state index in [0.29, 0.717) is 23.8 Å². The van der Waals surface area contributed by atoms with Crippen molar-refractivity contribution in [3.8, 4) is 11.4 Å². The second kappa shape index (κ2) is 7.25. The maximum absolute atomic E-state index is 13.0. The van der Waals surface area contributed by atoms with Gasteiger partial charge in [-0.2, -0.15) is 5.10 Å². The van der Waals surface area contributed by atoms with Crippen LogP contribution in [0, 0.1) is 12.7 Å². The summed E-state index contributed by atoms with van der Waals surface area (Å²) in [5.74, 6) is 0.840. The molecule has 5 nitrogen and oxygen atoms in total. The lowest BCUT2D eigenvalue weighted by Gasteiger charge is -2.13. The number of benzene rings is 2. The smallest absolute Gasteiger partial charge is 0.224 e. The van der Waals surface area contributed by atoms with Gasteiger partial charge in [-0.15, -0.1) is 0 Å². The summed E-state index contributed by atoms with van der Waals surface area (Å²) in [6, 6.07) is 13.6. The highest BCUT2D eigenvalue weighted by molar-refractivity contribution is 5.95. The molecule has 0 radical (unpaired) electrons. The van der Waals surface area contributed by atoms with Crippen molar-refractivity contribution in [3.05, 3.63) is 65.7 Å². The number of anilines is 1. The highest BCUT2D eigenvalue weighted by Crippen LogP contribution is 2.26. The summed E-state index contributed by atoms with van der Waals surface area (Å²) in [4.78, 5) is 16.7. The summed E-state index contributed by atoms with van der Waals surface area (Å²) >= 11 is 0. The largest absolute Gasteiger partial charge is 0.325 e. The Morgan fingerprint density at radius 3 is 2.60 bits per heavy atom. The molecule has 1 amide bonds. The minimum atomic E-state index is -0.281. The van der Waals surface area contributed by atoms with E-state index in [-0.39, 0.29) is 17.6 Å². The van der Waals surface area contributed by atoms with Crippen molar-refractivity contribution in [3.63, 3.8) is 0 Å². The zero-order valence-electron chi connectivity index (χ0n) is 14.1. The van der Waals surface area contributed by atoms with Gasteiger partial charge in [0.25, 0.3) is 0 Å². The average Bonchev–Trinajstić information content (AvgIpc) is 3.02. The lowest BCUT2D eigenvalue weighted by atomic mass is 9.97. The Balaban J connectivity index is 1.72. The predicted octanol–water partition coefficient (Wildman–Crippen LogP) is 4.05. The van der Waals surface area contributed by atoms with Gasteiger partial charge in [-0.05, 0) is 42.7 Å². The third-order valence-corrected chi connectivity index (χ3v) is 3.97. The van der Waals surface area contributed by atoms with Crippen molar-refractivity contribution >= 4 is 11.6 Å². The van der Waals surface area contributed by atoms with Crippen LogP contribution in [0.15, 0.2) is 48.5 Å². The van der Waals surface area contributed by atoms with Crippen molar-refractivity contribution in [2.45, 2.75) is 26.2 Å². The summed E-state index contributed by atoms with van der Waals surface area (Å²) < 4.78 is 13.0. The lowest BCUT2D eigenvalue weighted by Crippen LogP contribution is -2.15. The summed E-state index contributed by atoms with van der Waals surface area (Å²) in [5.41, 5.74) is 2.35. The van der Waals surface area contributed by atoms with Crippen LogP contribution < -0.4 is 5.32 Å². The van der Waals surface area contributed by atoms with Crippen molar-refractivity contribution in [1.82, 2.24) is 15.2 Å². The molecule has 0 saturated heterocycles. The summed E-state index contributed by atoms with van der Waals surface area (Å²) in [6.45, 7) is 3.76. The molecule has 1 heterocycles. The van der Waals surface area contributed by atoms with Crippen molar-refractivity contribution in [2.75, 3.05) is 5.32 Å².